The Hall–Kier alpha value is -3.56. The second-order valence-corrected chi connectivity index (χ2v) is 6.64. The molecule has 1 aliphatic rings. The SMILES string of the molecule is Nc1cc(OCc2cc(C(=O)Nc3cccc(Cl)c3)ccc2F)c2c(n1)NNN2. The number of halogens is 2. The van der Waals surface area contributed by atoms with Gasteiger partial charge in [-0.1, -0.05) is 17.7 Å². The first-order valence-corrected chi connectivity index (χ1v) is 8.93. The fraction of sp³-hybridized carbons (Fsp3) is 0.0526. The van der Waals surface area contributed by atoms with Gasteiger partial charge in [0.15, 0.2) is 11.6 Å². The summed E-state index contributed by atoms with van der Waals surface area (Å²) in [6.07, 6.45) is 0. The van der Waals surface area contributed by atoms with Gasteiger partial charge in [0.25, 0.3) is 5.91 Å². The van der Waals surface area contributed by atoms with E-state index in [1.165, 1.54) is 24.3 Å². The number of anilines is 4. The Labute approximate surface area is 170 Å². The van der Waals surface area contributed by atoms with Gasteiger partial charge >= 0.3 is 0 Å². The van der Waals surface area contributed by atoms with Crippen LogP contribution in [0, 0.1) is 5.82 Å². The summed E-state index contributed by atoms with van der Waals surface area (Å²) in [5.74, 6) is 0.213. The number of hydrazine groups is 2. The third-order valence-corrected chi connectivity index (χ3v) is 4.38. The first kappa shape index (κ1) is 18.8. The van der Waals surface area contributed by atoms with Crippen molar-refractivity contribution >= 4 is 40.5 Å². The van der Waals surface area contributed by atoms with Crippen molar-refractivity contribution in [3.05, 3.63) is 70.5 Å². The molecule has 3 aromatic rings. The Kier molecular flexibility index (Phi) is 5.07. The van der Waals surface area contributed by atoms with Crippen LogP contribution in [-0.4, -0.2) is 10.9 Å². The van der Waals surface area contributed by atoms with Crippen molar-refractivity contribution in [1.29, 1.82) is 0 Å². The first-order valence-electron chi connectivity index (χ1n) is 8.55. The average molecular weight is 415 g/mol. The summed E-state index contributed by atoms with van der Waals surface area (Å²) < 4.78 is 20.0. The summed E-state index contributed by atoms with van der Waals surface area (Å²) >= 11 is 5.93. The Bertz CT molecular complexity index is 1090. The van der Waals surface area contributed by atoms with Crippen molar-refractivity contribution < 1.29 is 13.9 Å². The zero-order valence-electron chi connectivity index (χ0n) is 14.9. The predicted octanol–water partition coefficient (Wildman–Crippen LogP) is 3.54. The molecule has 0 saturated carbocycles. The summed E-state index contributed by atoms with van der Waals surface area (Å²) in [7, 11) is 0. The number of rotatable bonds is 5. The molecule has 8 nitrogen and oxygen atoms in total. The van der Waals surface area contributed by atoms with Crippen LogP contribution < -0.4 is 32.2 Å². The van der Waals surface area contributed by atoms with E-state index in [1.54, 1.807) is 24.3 Å². The van der Waals surface area contributed by atoms with Gasteiger partial charge in [0.2, 0.25) is 0 Å². The number of nitrogens with one attached hydrogen (secondary N) is 4. The van der Waals surface area contributed by atoms with Crippen LogP contribution in [0.1, 0.15) is 15.9 Å². The van der Waals surface area contributed by atoms with Crippen molar-refractivity contribution in [2.24, 2.45) is 0 Å². The third-order valence-electron chi connectivity index (χ3n) is 4.15. The molecule has 29 heavy (non-hydrogen) atoms. The Morgan fingerprint density at radius 2 is 2.07 bits per heavy atom. The summed E-state index contributed by atoms with van der Waals surface area (Å²) in [4.78, 5) is 16.6. The van der Waals surface area contributed by atoms with Crippen LogP contribution in [0.4, 0.5) is 27.4 Å². The molecule has 2 aromatic carbocycles. The Balaban J connectivity index is 1.51. The molecule has 0 aliphatic carbocycles. The van der Waals surface area contributed by atoms with Crippen molar-refractivity contribution in [2.75, 3.05) is 21.9 Å². The standard InChI is InChI=1S/C19H16ClFN6O2/c20-12-2-1-3-13(7-12)23-19(28)10-4-5-14(21)11(6-10)9-29-15-8-16(22)24-18-17(15)25-27-26-18/h1-8,25,27H,9H2,(H,23,28)(H3,22,24,26). The fourth-order valence-electron chi connectivity index (χ4n) is 2.77. The van der Waals surface area contributed by atoms with Gasteiger partial charge in [-0.3, -0.25) is 15.6 Å². The fourth-order valence-corrected chi connectivity index (χ4v) is 2.96. The van der Waals surface area contributed by atoms with E-state index in [0.29, 0.717) is 28.0 Å². The van der Waals surface area contributed by atoms with Gasteiger partial charge in [0.05, 0.1) is 0 Å². The van der Waals surface area contributed by atoms with Gasteiger partial charge in [-0.15, -0.1) is 5.53 Å². The maximum absolute atomic E-state index is 14.3. The molecule has 0 spiro atoms. The highest BCUT2D eigenvalue weighted by atomic mass is 35.5. The zero-order chi connectivity index (χ0) is 20.4. The highest BCUT2D eigenvalue weighted by molar-refractivity contribution is 6.31. The molecule has 1 aromatic heterocycles. The van der Waals surface area contributed by atoms with Crippen molar-refractivity contribution in [3.8, 4) is 5.75 Å². The van der Waals surface area contributed by atoms with Gasteiger partial charge in [-0.05, 0) is 36.4 Å². The lowest BCUT2D eigenvalue weighted by molar-refractivity contribution is 0.102. The lowest BCUT2D eigenvalue weighted by Gasteiger charge is -2.12. The van der Waals surface area contributed by atoms with Crippen LogP contribution in [0.3, 0.4) is 0 Å². The van der Waals surface area contributed by atoms with Crippen molar-refractivity contribution in [1.82, 2.24) is 10.5 Å². The van der Waals surface area contributed by atoms with Crippen LogP contribution >= 0.6 is 11.6 Å². The third kappa shape index (κ3) is 4.15. The number of aromatic nitrogens is 1. The maximum Gasteiger partial charge on any atom is 0.255 e. The quantitative estimate of drug-likeness (QED) is 0.434. The predicted molar refractivity (Wildman–Crippen MR) is 109 cm³/mol. The van der Waals surface area contributed by atoms with Gasteiger partial charge in [-0.25, -0.2) is 9.37 Å². The monoisotopic (exact) mass is 414 g/mol. The van der Waals surface area contributed by atoms with E-state index in [0.717, 1.165) is 0 Å². The van der Waals surface area contributed by atoms with Gasteiger partial charge < -0.3 is 15.8 Å². The lowest BCUT2D eigenvalue weighted by Crippen LogP contribution is -2.19. The van der Waals surface area contributed by atoms with E-state index in [1.807, 2.05) is 0 Å². The second-order valence-electron chi connectivity index (χ2n) is 6.20. The van der Waals surface area contributed by atoms with Gasteiger partial charge in [-0.2, -0.15) is 0 Å². The smallest absolute Gasteiger partial charge is 0.255 e. The minimum atomic E-state index is -0.493. The van der Waals surface area contributed by atoms with Crippen LogP contribution in [0.25, 0.3) is 0 Å². The maximum atomic E-state index is 14.3. The molecular formula is C19H16ClFN6O2. The van der Waals surface area contributed by atoms with Crippen LogP contribution in [-0.2, 0) is 6.61 Å². The average Bonchev–Trinajstić information content (AvgIpc) is 3.15. The van der Waals surface area contributed by atoms with Gasteiger partial charge in [0, 0.05) is 27.9 Å². The van der Waals surface area contributed by atoms with Crippen LogP contribution in [0.15, 0.2) is 48.5 Å². The number of ether oxygens (including phenoxy) is 1. The number of amides is 1. The number of nitrogen functional groups attached to an aromatic ring is 1. The Morgan fingerprint density at radius 1 is 1.21 bits per heavy atom. The molecular weight excluding hydrogens is 399 g/mol. The van der Waals surface area contributed by atoms with E-state index < -0.39 is 11.7 Å². The summed E-state index contributed by atoms with van der Waals surface area (Å²) in [5, 5.41) is 3.22. The van der Waals surface area contributed by atoms with E-state index >= 15 is 0 Å². The number of carbonyl (C=O) groups excluding carboxylic acids is 1. The largest absolute Gasteiger partial charge is 0.486 e. The molecule has 10 heteroatoms. The Morgan fingerprint density at radius 3 is 2.90 bits per heavy atom. The number of nitrogens with two attached hydrogens (primary N) is 1. The summed E-state index contributed by atoms with van der Waals surface area (Å²) in [5.41, 5.74) is 15.6. The second kappa shape index (κ2) is 7.82. The molecule has 4 rings (SSSR count). The minimum absolute atomic E-state index is 0.109. The lowest BCUT2D eigenvalue weighted by atomic mass is 10.1. The van der Waals surface area contributed by atoms with E-state index in [4.69, 9.17) is 22.1 Å². The molecule has 1 amide bonds. The molecule has 2 heterocycles. The zero-order valence-corrected chi connectivity index (χ0v) is 15.7. The highest BCUT2D eigenvalue weighted by Gasteiger charge is 2.18. The van der Waals surface area contributed by atoms with E-state index in [9.17, 15) is 9.18 Å². The van der Waals surface area contributed by atoms with Crippen molar-refractivity contribution in [2.45, 2.75) is 6.61 Å². The molecule has 148 valence electrons. The van der Waals surface area contributed by atoms with E-state index in [2.05, 4.69) is 26.7 Å². The van der Waals surface area contributed by atoms with Gasteiger partial charge in [0.1, 0.15) is 23.9 Å². The number of pyridine rings is 1. The molecule has 6 N–H and O–H groups in total. The summed E-state index contributed by atoms with van der Waals surface area (Å²) in [6.45, 7) is -0.109. The normalized spacial score (nSPS) is 11.9. The van der Waals surface area contributed by atoms with Crippen LogP contribution in [0.2, 0.25) is 5.02 Å². The highest BCUT2D eigenvalue weighted by Crippen LogP contribution is 2.35. The van der Waals surface area contributed by atoms with E-state index in [-0.39, 0.29) is 23.6 Å². The first-order chi connectivity index (χ1) is 14.0. The molecule has 0 atom stereocenters. The summed E-state index contributed by atoms with van der Waals surface area (Å²) in [6, 6.07) is 12.3. The number of nitrogens with zero attached hydrogens (tertiary/aromatic N) is 1. The molecule has 0 unspecified atom stereocenters. The number of carbonyl (C=O) groups is 1. The number of hydrogen-bond acceptors (Lipinski definition) is 7. The number of benzene rings is 2. The molecule has 0 fully saturated rings. The van der Waals surface area contributed by atoms with Crippen LogP contribution in [0.5, 0.6) is 5.75 Å². The van der Waals surface area contributed by atoms with Crippen molar-refractivity contribution in [3.63, 3.8) is 0 Å². The number of hydrogen-bond donors (Lipinski definition) is 5. The molecule has 0 bridgehead atoms. The number of fused-ring (bicyclic) bond motifs is 1. The minimum Gasteiger partial charge on any atom is -0.486 e. The molecule has 0 radical (unpaired) electrons. The topological polar surface area (TPSA) is 113 Å². The molecule has 1 aliphatic heterocycles. The molecule has 0 saturated heterocycles.